The van der Waals surface area contributed by atoms with Crippen molar-refractivity contribution < 1.29 is 8.42 Å². The normalized spacial score (nSPS) is 19.4. The van der Waals surface area contributed by atoms with Gasteiger partial charge in [0.1, 0.15) is 5.84 Å². The highest BCUT2D eigenvalue weighted by atomic mass is 32.2. The first-order valence-corrected chi connectivity index (χ1v) is 10.1. The molecular weight excluding hydrogens is 348 g/mol. The molecule has 0 atom stereocenters. The van der Waals surface area contributed by atoms with E-state index in [0.29, 0.717) is 30.4 Å². The molecule has 0 amide bonds. The van der Waals surface area contributed by atoms with E-state index in [2.05, 4.69) is 9.98 Å². The maximum absolute atomic E-state index is 12.9. The number of fused-ring (bicyclic) bond motifs is 1. The lowest BCUT2D eigenvalue weighted by molar-refractivity contribution is 0.346. The molecule has 0 aromatic heterocycles. The van der Waals surface area contributed by atoms with E-state index in [-0.39, 0.29) is 4.90 Å². The molecule has 0 aliphatic carbocycles. The van der Waals surface area contributed by atoms with E-state index >= 15 is 0 Å². The van der Waals surface area contributed by atoms with Crippen LogP contribution in [0.4, 0.5) is 5.69 Å². The largest absolute Gasteiger partial charge is 0.383 e. The zero-order valence-electron chi connectivity index (χ0n) is 14.3. The van der Waals surface area contributed by atoms with Crippen LogP contribution in [0.2, 0.25) is 0 Å². The fourth-order valence-corrected chi connectivity index (χ4v) is 4.87. The van der Waals surface area contributed by atoms with E-state index in [0.717, 1.165) is 30.4 Å². The Kier molecular flexibility index (Phi) is 4.34. The predicted molar refractivity (Wildman–Crippen MR) is 102 cm³/mol. The Hall–Kier alpha value is -2.51. The molecule has 4 rings (SSSR count). The van der Waals surface area contributed by atoms with E-state index in [1.54, 1.807) is 28.6 Å². The van der Waals surface area contributed by atoms with Crippen molar-refractivity contribution in [2.75, 3.05) is 13.1 Å². The highest BCUT2D eigenvalue weighted by Gasteiger charge is 2.26. The number of hydrogen-bond acceptors (Lipinski definition) is 4. The van der Waals surface area contributed by atoms with E-state index in [1.165, 1.54) is 0 Å². The van der Waals surface area contributed by atoms with Gasteiger partial charge in [-0.25, -0.2) is 18.4 Å². The molecule has 2 heterocycles. The van der Waals surface area contributed by atoms with Crippen molar-refractivity contribution in [3.8, 4) is 0 Å². The standard InChI is InChI=1S/C19H20N4O2S/c20-18-16-9-2-3-10-17(16)19(22-18)21-14-7-6-8-15(13-14)26(24,25)23-11-4-1-5-12-23/h2-3,6-10,13H,1,4-5,11-12H2,(H2,20,21,22). The van der Waals surface area contributed by atoms with Gasteiger partial charge in [-0.1, -0.05) is 36.8 Å². The lowest BCUT2D eigenvalue weighted by atomic mass is 10.1. The summed E-state index contributed by atoms with van der Waals surface area (Å²) in [6.07, 6.45) is 2.90. The number of amidine groups is 2. The highest BCUT2D eigenvalue weighted by Crippen LogP contribution is 2.26. The van der Waals surface area contributed by atoms with Gasteiger partial charge in [-0.05, 0) is 31.0 Å². The van der Waals surface area contributed by atoms with Crippen LogP contribution in [-0.2, 0) is 10.0 Å². The summed E-state index contributed by atoms with van der Waals surface area (Å²) in [5.74, 6) is 0.932. The fraction of sp³-hybridized carbons (Fsp3) is 0.263. The van der Waals surface area contributed by atoms with Gasteiger partial charge in [0.2, 0.25) is 10.0 Å². The number of aliphatic imine (C=N–C) groups is 2. The van der Waals surface area contributed by atoms with Crippen molar-refractivity contribution in [2.45, 2.75) is 24.2 Å². The number of piperidine rings is 1. The molecule has 0 bridgehead atoms. The van der Waals surface area contributed by atoms with Gasteiger partial charge < -0.3 is 5.73 Å². The average molecular weight is 368 g/mol. The van der Waals surface area contributed by atoms with Crippen LogP contribution in [-0.4, -0.2) is 37.5 Å². The zero-order valence-corrected chi connectivity index (χ0v) is 15.1. The van der Waals surface area contributed by atoms with Crippen molar-refractivity contribution in [2.24, 2.45) is 15.7 Å². The molecule has 2 aliphatic rings. The Labute approximate surface area is 153 Å². The summed E-state index contributed by atoms with van der Waals surface area (Å²) in [6, 6.07) is 14.3. The number of nitrogens with two attached hydrogens (primary N) is 1. The van der Waals surface area contributed by atoms with Crippen molar-refractivity contribution >= 4 is 27.4 Å². The fourth-order valence-electron chi connectivity index (χ4n) is 3.31. The minimum absolute atomic E-state index is 0.268. The predicted octanol–water partition coefficient (Wildman–Crippen LogP) is 2.66. The van der Waals surface area contributed by atoms with Gasteiger partial charge in [0.15, 0.2) is 5.84 Å². The number of nitrogens with zero attached hydrogens (tertiary/aromatic N) is 3. The van der Waals surface area contributed by atoms with Crippen LogP contribution < -0.4 is 5.73 Å². The Morgan fingerprint density at radius 1 is 0.962 bits per heavy atom. The summed E-state index contributed by atoms with van der Waals surface area (Å²) in [5.41, 5.74) is 8.21. The lowest BCUT2D eigenvalue weighted by Gasteiger charge is -2.25. The molecule has 0 saturated carbocycles. The van der Waals surface area contributed by atoms with Gasteiger partial charge in [0, 0.05) is 24.2 Å². The average Bonchev–Trinajstić information content (AvgIpc) is 2.99. The van der Waals surface area contributed by atoms with Crippen molar-refractivity contribution in [3.05, 3.63) is 59.7 Å². The maximum Gasteiger partial charge on any atom is 0.243 e. The van der Waals surface area contributed by atoms with Crippen LogP contribution in [0.1, 0.15) is 30.4 Å². The maximum atomic E-state index is 12.9. The molecule has 0 radical (unpaired) electrons. The van der Waals surface area contributed by atoms with E-state index in [4.69, 9.17) is 5.73 Å². The quantitative estimate of drug-likeness (QED) is 0.903. The Bertz CT molecular complexity index is 1010. The molecule has 26 heavy (non-hydrogen) atoms. The monoisotopic (exact) mass is 368 g/mol. The SMILES string of the molecule is NC1=NC(=Nc2cccc(S(=O)(=O)N3CCCCC3)c2)c2ccccc21. The summed E-state index contributed by atoms with van der Waals surface area (Å²) >= 11 is 0. The number of hydrogen-bond donors (Lipinski definition) is 1. The first-order chi connectivity index (χ1) is 12.6. The van der Waals surface area contributed by atoms with Gasteiger partial charge in [0.05, 0.1) is 10.6 Å². The topological polar surface area (TPSA) is 88.1 Å². The van der Waals surface area contributed by atoms with Gasteiger partial charge in [-0.3, -0.25) is 0 Å². The zero-order chi connectivity index (χ0) is 18.1. The number of benzene rings is 2. The molecule has 2 aromatic carbocycles. The highest BCUT2D eigenvalue weighted by molar-refractivity contribution is 7.89. The molecular formula is C19H20N4O2S. The summed E-state index contributed by atoms with van der Waals surface area (Å²) in [7, 11) is -3.49. The molecule has 1 fully saturated rings. The number of rotatable bonds is 3. The molecule has 7 heteroatoms. The first-order valence-electron chi connectivity index (χ1n) is 8.68. The molecule has 2 aromatic rings. The van der Waals surface area contributed by atoms with Gasteiger partial charge in [-0.15, -0.1) is 0 Å². The Morgan fingerprint density at radius 2 is 1.69 bits per heavy atom. The third kappa shape index (κ3) is 3.04. The molecule has 6 nitrogen and oxygen atoms in total. The minimum atomic E-state index is -3.49. The Balaban J connectivity index is 1.69. The summed E-state index contributed by atoms with van der Waals surface area (Å²) < 4.78 is 27.3. The molecule has 0 unspecified atom stereocenters. The van der Waals surface area contributed by atoms with Crippen LogP contribution in [0.5, 0.6) is 0 Å². The van der Waals surface area contributed by atoms with Crippen LogP contribution in [0.3, 0.4) is 0 Å². The van der Waals surface area contributed by atoms with Gasteiger partial charge >= 0.3 is 0 Å². The lowest BCUT2D eigenvalue weighted by Crippen LogP contribution is -2.35. The smallest absolute Gasteiger partial charge is 0.243 e. The molecule has 1 saturated heterocycles. The van der Waals surface area contributed by atoms with E-state index < -0.39 is 10.0 Å². The van der Waals surface area contributed by atoms with Crippen molar-refractivity contribution in [1.29, 1.82) is 0 Å². The van der Waals surface area contributed by atoms with Crippen LogP contribution in [0.15, 0.2) is 63.4 Å². The van der Waals surface area contributed by atoms with Crippen LogP contribution >= 0.6 is 0 Å². The summed E-state index contributed by atoms with van der Waals surface area (Å²) in [4.78, 5) is 9.12. The van der Waals surface area contributed by atoms with Gasteiger partial charge in [0.25, 0.3) is 0 Å². The Morgan fingerprint density at radius 3 is 2.46 bits per heavy atom. The van der Waals surface area contributed by atoms with Crippen LogP contribution in [0, 0.1) is 0 Å². The van der Waals surface area contributed by atoms with E-state index in [1.807, 2.05) is 24.3 Å². The van der Waals surface area contributed by atoms with E-state index in [9.17, 15) is 8.42 Å². The van der Waals surface area contributed by atoms with Crippen molar-refractivity contribution in [1.82, 2.24) is 4.31 Å². The van der Waals surface area contributed by atoms with Crippen molar-refractivity contribution in [3.63, 3.8) is 0 Å². The minimum Gasteiger partial charge on any atom is -0.383 e. The molecule has 2 aliphatic heterocycles. The first kappa shape index (κ1) is 16.9. The van der Waals surface area contributed by atoms with Crippen LogP contribution in [0.25, 0.3) is 0 Å². The third-order valence-corrected chi connectivity index (χ3v) is 6.57. The van der Waals surface area contributed by atoms with Gasteiger partial charge in [-0.2, -0.15) is 4.31 Å². The third-order valence-electron chi connectivity index (χ3n) is 4.68. The summed E-state index contributed by atoms with van der Waals surface area (Å²) in [5, 5.41) is 0. The summed E-state index contributed by atoms with van der Waals surface area (Å²) in [6.45, 7) is 1.16. The second-order valence-electron chi connectivity index (χ2n) is 6.44. The number of sulfonamides is 1. The second-order valence-corrected chi connectivity index (χ2v) is 8.38. The molecule has 0 spiro atoms. The molecule has 2 N–H and O–H groups in total. The molecule has 134 valence electrons. The second kappa shape index (κ2) is 6.66.